The molecule has 7 nitrogen and oxygen atoms in total. The Balaban J connectivity index is 2.70. The summed E-state index contributed by atoms with van der Waals surface area (Å²) < 4.78 is 48.1. The Morgan fingerprint density at radius 3 is 2.62 bits per heavy atom. The molecular formula is C17H17FN2O5S. The van der Waals surface area contributed by atoms with E-state index < -0.39 is 27.5 Å². The minimum Gasteiger partial charge on any atom is -0.463 e. The molecule has 0 spiro atoms. The van der Waals surface area contributed by atoms with Crippen molar-refractivity contribution in [3.05, 3.63) is 52.4 Å². The summed E-state index contributed by atoms with van der Waals surface area (Å²) in [6.07, 6.45) is 0.947. The van der Waals surface area contributed by atoms with Crippen molar-refractivity contribution in [2.75, 3.05) is 12.9 Å². The third kappa shape index (κ3) is 3.55. The van der Waals surface area contributed by atoms with Crippen molar-refractivity contribution in [1.29, 1.82) is 5.26 Å². The van der Waals surface area contributed by atoms with Gasteiger partial charge in [-0.25, -0.2) is 17.6 Å². The van der Waals surface area contributed by atoms with E-state index in [0.717, 1.165) is 12.3 Å². The van der Waals surface area contributed by atoms with Crippen molar-refractivity contribution in [3.63, 3.8) is 0 Å². The number of allylic oxidation sites excluding steroid dienone is 2. The van der Waals surface area contributed by atoms with Gasteiger partial charge in [0.05, 0.1) is 23.0 Å². The lowest BCUT2D eigenvalue weighted by molar-refractivity contribution is -0.139. The second-order valence-electron chi connectivity index (χ2n) is 5.57. The van der Waals surface area contributed by atoms with Gasteiger partial charge in [0, 0.05) is 11.8 Å². The molecular weight excluding hydrogens is 363 g/mol. The fourth-order valence-corrected chi connectivity index (χ4v) is 3.27. The van der Waals surface area contributed by atoms with Gasteiger partial charge in [0.15, 0.2) is 9.84 Å². The molecule has 1 atom stereocenters. The fourth-order valence-electron chi connectivity index (χ4n) is 2.64. The molecule has 26 heavy (non-hydrogen) atoms. The van der Waals surface area contributed by atoms with E-state index >= 15 is 0 Å². The number of ether oxygens (including phenoxy) is 2. The molecule has 1 aromatic rings. The Morgan fingerprint density at radius 1 is 1.46 bits per heavy atom. The molecule has 0 amide bonds. The number of esters is 1. The number of hydrogen-bond acceptors (Lipinski definition) is 7. The first-order valence-electron chi connectivity index (χ1n) is 7.56. The highest BCUT2D eigenvalue weighted by Gasteiger charge is 2.37. The van der Waals surface area contributed by atoms with Gasteiger partial charge >= 0.3 is 5.97 Å². The summed E-state index contributed by atoms with van der Waals surface area (Å²) in [5.74, 6) is -3.01. The first-order chi connectivity index (χ1) is 12.1. The normalized spacial score (nSPS) is 17.6. The smallest absolute Gasteiger partial charge is 0.338 e. The van der Waals surface area contributed by atoms with Gasteiger partial charge in [0.1, 0.15) is 23.2 Å². The fraction of sp³-hybridized carbons (Fsp3) is 0.294. The summed E-state index contributed by atoms with van der Waals surface area (Å²) in [4.78, 5) is 12.1. The predicted octanol–water partition coefficient (Wildman–Crippen LogP) is 1.87. The lowest BCUT2D eigenvalue weighted by atomic mass is 9.83. The van der Waals surface area contributed by atoms with Gasteiger partial charge in [-0.1, -0.05) is 6.07 Å². The van der Waals surface area contributed by atoms with Crippen molar-refractivity contribution < 1.29 is 27.1 Å². The highest BCUT2D eigenvalue weighted by molar-refractivity contribution is 7.90. The van der Waals surface area contributed by atoms with Crippen LogP contribution in [0, 0.1) is 17.1 Å². The molecule has 9 heteroatoms. The first-order valence-corrected chi connectivity index (χ1v) is 9.45. The van der Waals surface area contributed by atoms with E-state index in [-0.39, 0.29) is 39.9 Å². The van der Waals surface area contributed by atoms with Crippen molar-refractivity contribution in [1.82, 2.24) is 0 Å². The maximum atomic E-state index is 14.7. The molecule has 0 fully saturated rings. The van der Waals surface area contributed by atoms with Gasteiger partial charge in [-0.05, 0) is 26.0 Å². The molecule has 2 N–H and O–H groups in total. The Kier molecular flexibility index (Phi) is 5.37. The van der Waals surface area contributed by atoms with Crippen LogP contribution in [0.1, 0.15) is 25.3 Å². The number of nitrogens with two attached hydrogens (primary N) is 1. The lowest BCUT2D eigenvalue weighted by Gasteiger charge is -2.27. The predicted molar refractivity (Wildman–Crippen MR) is 89.5 cm³/mol. The van der Waals surface area contributed by atoms with E-state index in [2.05, 4.69) is 0 Å². The van der Waals surface area contributed by atoms with Gasteiger partial charge < -0.3 is 15.2 Å². The molecule has 0 aromatic heterocycles. The molecule has 0 saturated carbocycles. The van der Waals surface area contributed by atoms with E-state index in [9.17, 15) is 22.9 Å². The van der Waals surface area contributed by atoms with Crippen LogP contribution in [0.4, 0.5) is 4.39 Å². The van der Waals surface area contributed by atoms with Crippen molar-refractivity contribution in [3.8, 4) is 6.07 Å². The summed E-state index contributed by atoms with van der Waals surface area (Å²) in [7, 11) is -3.62. The number of nitrogens with zero attached hydrogens (tertiary/aromatic N) is 1. The molecule has 1 unspecified atom stereocenters. The van der Waals surface area contributed by atoms with Crippen molar-refractivity contribution in [2.24, 2.45) is 5.73 Å². The van der Waals surface area contributed by atoms with Gasteiger partial charge in [-0.3, -0.25) is 0 Å². The van der Waals surface area contributed by atoms with E-state index in [1.165, 1.54) is 19.1 Å². The third-order valence-corrected chi connectivity index (χ3v) is 4.92. The Hall–Kier alpha value is -2.86. The second kappa shape index (κ2) is 7.17. The Bertz CT molecular complexity index is 973. The van der Waals surface area contributed by atoms with Crippen molar-refractivity contribution >= 4 is 15.8 Å². The molecule has 1 aliphatic heterocycles. The number of halogens is 1. The van der Waals surface area contributed by atoms with Crippen LogP contribution in [0.25, 0.3) is 0 Å². The molecule has 0 radical (unpaired) electrons. The van der Waals surface area contributed by atoms with Gasteiger partial charge in [0.25, 0.3) is 0 Å². The zero-order chi connectivity index (χ0) is 19.6. The SMILES string of the molecule is CCOC(=O)C1=C(C)OC(N)=C(C#N)C1c1ccc(S(C)(=O)=O)cc1F. The summed E-state index contributed by atoms with van der Waals surface area (Å²) in [6.45, 7) is 3.12. The van der Waals surface area contributed by atoms with Crippen LogP contribution in [0.3, 0.4) is 0 Å². The van der Waals surface area contributed by atoms with E-state index in [1.54, 1.807) is 6.92 Å². The Labute approximate surface area is 150 Å². The zero-order valence-electron chi connectivity index (χ0n) is 14.4. The van der Waals surface area contributed by atoms with Gasteiger partial charge in [0.2, 0.25) is 5.88 Å². The van der Waals surface area contributed by atoms with Crippen LogP contribution in [0.5, 0.6) is 0 Å². The molecule has 1 aromatic carbocycles. The van der Waals surface area contributed by atoms with Gasteiger partial charge in [-0.2, -0.15) is 5.26 Å². The van der Waals surface area contributed by atoms with Gasteiger partial charge in [-0.15, -0.1) is 0 Å². The molecule has 0 saturated heterocycles. The minimum absolute atomic E-state index is 0.0661. The highest BCUT2D eigenvalue weighted by atomic mass is 32.2. The summed E-state index contributed by atoms with van der Waals surface area (Å²) in [5.41, 5.74) is 5.41. The molecule has 1 heterocycles. The summed E-state index contributed by atoms with van der Waals surface area (Å²) in [6, 6.07) is 5.07. The Morgan fingerprint density at radius 2 is 2.12 bits per heavy atom. The quantitative estimate of drug-likeness (QED) is 0.792. The van der Waals surface area contributed by atoms with Crippen LogP contribution in [0.2, 0.25) is 0 Å². The van der Waals surface area contributed by atoms with E-state index in [4.69, 9.17) is 15.2 Å². The van der Waals surface area contributed by atoms with E-state index in [1.807, 2.05) is 6.07 Å². The van der Waals surface area contributed by atoms with Crippen LogP contribution in [-0.4, -0.2) is 27.2 Å². The molecule has 0 bridgehead atoms. The number of carbonyl (C=O) groups is 1. The molecule has 1 aliphatic rings. The standard InChI is InChI=1S/C17H17FN2O5S/c1-4-24-17(21)14-9(2)25-16(20)12(8-19)15(14)11-6-5-10(7-13(11)18)26(3,22)23/h5-7,15H,4,20H2,1-3H3. The number of carbonyl (C=O) groups excluding carboxylic acids is 1. The molecule has 2 rings (SSSR count). The lowest BCUT2D eigenvalue weighted by Crippen LogP contribution is -2.26. The average molecular weight is 380 g/mol. The monoisotopic (exact) mass is 380 g/mol. The number of hydrogen-bond donors (Lipinski definition) is 1. The number of sulfone groups is 1. The van der Waals surface area contributed by atoms with Crippen LogP contribution in [0.15, 0.2) is 45.9 Å². The maximum absolute atomic E-state index is 14.7. The highest BCUT2D eigenvalue weighted by Crippen LogP contribution is 2.40. The molecule has 138 valence electrons. The van der Waals surface area contributed by atoms with E-state index in [0.29, 0.717) is 0 Å². The van der Waals surface area contributed by atoms with Crippen LogP contribution >= 0.6 is 0 Å². The first kappa shape index (κ1) is 19.5. The topological polar surface area (TPSA) is 119 Å². The minimum atomic E-state index is -3.62. The van der Waals surface area contributed by atoms with Crippen LogP contribution < -0.4 is 5.73 Å². The number of nitriles is 1. The largest absolute Gasteiger partial charge is 0.463 e. The van der Waals surface area contributed by atoms with Crippen molar-refractivity contribution in [2.45, 2.75) is 24.7 Å². The average Bonchev–Trinajstić information content (AvgIpc) is 2.53. The summed E-state index contributed by atoms with van der Waals surface area (Å²) in [5, 5.41) is 9.42. The number of rotatable bonds is 4. The zero-order valence-corrected chi connectivity index (χ0v) is 15.2. The summed E-state index contributed by atoms with van der Waals surface area (Å²) >= 11 is 0. The third-order valence-electron chi connectivity index (χ3n) is 3.81. The second-order valence-corrected chi connectivity index (χ2v) is 7.59. The maximum Gasteiger partial charge on any atom is 0.338 e. The molecule has 0 aliphatic carbocycles. The van der Waals surface area contributed by atoms with Crippen LogP contribution in [-0.2, 0) is 24.1 Å². The number of benzene rings is 1.